The van der Waals surface area contributed by atoms with Gasteiger partial charge in [0, 0.05) is 12.6 Å². The quantitative estimate of drug-likeness (QED) is 0.811. The smallest absolute Gasteiger partial charge is 0.223 e. The maximum atomic E-state index is 12.4. The van der Waals surface area contributed by atoms with Gasteiger partial charge in [0.25, 0.3) is 0 Å². The highest BCUT2D eigenvalue weighted by Gasteiger charge is 2.32. The minimum Gasteiger partial charge on any atom is -0.389 e. The van der Waals surface area contributed by atoms with Crippen molar-refractivity contribution >= 4 is 5.91 Å². The Labute approximate surface area is 139 Å². The normalized spacial score (nSPS) is 18.6. The Morgan fingerprint density at radius 2 is 1.87 bits per heavy atom. The lowest BCUT2D eigenvalue weighted by atomic mass is 9.82. The molecule has 0 aliphatic heterocycles. The first kappa shape index (κ1) is 18.0. The molecule has 128 valence electrons. The zero-order valence-electron chi connectivity index (χ0n) is 14.4. The van der Waals surface area contributed by atoms with Crippen molar-refractivity contribution in [3.05, 3.63) is 35.9 Å². The van der Waals surface area contributed by atoms with Gasteiger partial charge in [-0.05, 0) is 38.9 Å². The first-order valence-electron chi connectivity index (χ1n) is 8.67. The molecule has 0 bridgehead atoms. The van der Waals surface area contributed by atoms with Gasteiger partial charge in [0.2, 0.25) is 5.91 Å². The number of nitrogens with one attached hydrogen (secondary N) is 1. The molecular formula is C19H30N2O2. The summed E-state index contributed by atoms with van der Waals surface area (Å²) in [7, 11) is 4.03. The summed E-state index contributed by atoms with van der Waals surface area (Å²) in [5.41, 5.74) is 0.425. The van der Waals surface area contributed by atoms with Crippen LogP contribution >= 0.6 is 0 Å². The predicted molar refractivity (Wildman–Crippen MR) is 93.3 cm³/mol. The summed E-state index contributed by atoms with van der Waals surface area (Å²) in [6, 6.07) is 10.3. The van der Waals surface area contributed by atoms with Crippen molar-refractivity contribution in [1.29, 1.82) is 0 Å². The van der Waals surface area contributed by atoms with Crippen LogP contribution in [0, 0.1) is 0 Å². The van der Waals surface area contributed by atoms with Crippen LogP contribution in [0.2, 0.25) is 0 Å². The average Bonchev–Trinajstić information content (AvgIpc) is 2.47. The first-order valence-corrected chi connectivity index (χ1v) is 8.67. The molecule has 0 heterocycles. The third-order valence-electron chi connectivity index (χ3n) is 4.55. The number of carbonyl (C=O) groups excluding carboxylic acids is 1. The SMILES string of the molecule is CN(C)CC(Cc1ccccc1)NC(=O)CC1(O)CCCCC1. The van der Waals surface area contributed by atoms with Crippen LogP contribution in [0.1, 0.15) is 44.1 Å². The molecule has 1 amide bonds. The Hall–Kier alpha value is -1.39. The van der Waals surface area contributed by atoms with Gasteiger partial charge >= 0.3 is 0 Å². The largest absolute Gasteiger partial charge is 0.389 e. The number of aliphatic hydroxyl groups is 1. The van der Waals surface area contributed by atoms with Gasteiger partial charge in [0.15, 0.2) is 0 Å². The summed E-state index contributed by atoms with van der Waals surface area (Å²) in [6.07, 6.45) is 5.74. The summed E-state index contributed by atoms with van der Waals surface area (Å²) in [5, 5.41) is 13.7. The molecule has 0 radical (unpaired) electrons. The maximum Gasteiger partial charge on any atom is 0.223 e. The number of benzene rings is 1. The van der Waals surface area contributed by atoms with Gasteiger partial charge in [-0.25, -0.2) is 0 Å². The second kappa shape index (κ2) is 8.46. The number of carbonyl (C=O) groups is 1. The minimum absolute atomic E-state index is 0.0304. The average molecular weight is 318 g/mol. The number of rotatable bonds is 7. The molecule has 23 heavy (non-hydrogen) atoms. The monoisotopic (exact) mass is 318 g/mol. The molecule has 1 aromatic rings. The standard InChI is InChI=1S/C19H30N2O2/c1-21(2)15-17(13-16-9-5-3-6-10-16)20-18(22)14-19(23)11-7-4-8-12-19/h3,5-6,9-10,17,23H,4,7-8,11-15H2,1-2H3,(H,20,22). The first-order chi connectivity index (χ1) is 11.0. The molecule has 1 unspecified atom stereocenters. The lowest BCUT2D eigenvalue weighted by Gasteiger charge is -2.32. The number of amides is 1. The highest BCUT2D eigenvalue weighted by molar-refractivity contribution is 5.77. The van der Waals surface area contributed by atoms with Crippen LogP contribution in [0.15, 0.2) is 30.3 Å². The third kappa shape index (κ3) is 6.32. The van der Waals surface area contributed by atoms with Crippen molar-refractivity contribution in [3.8, 4) is 0 Å². The van der Waals surface area contributed by atoms with E-state index in [1.165, 1.54) is 12.0 Å². The van der Waals surface area contributed by atoms with E-state index in [9.17, 15) is 9.90 Å². The van der Waals surface area contributed by atoms with Crippen LogP contribution in [0.4, 0.5) is 0 Å². The lowest BCUT2D eigenvalue weighted by Crippen LogP contribution is -2.46. The molecule has 4 heteroatoms. The van der Waals surface area contributed by atoms with Gasteiger partial charge in [-0.1, -0.05) is 49.6 Å². The Morgan fingerprint density at radius 3 is 2.48 bits per heavy atom. The number of hydrogen-bond acceptors (Lipinski definition) is 3. The molecule has 1 aromatic carbocycles. The fraction of sp³-hybridized carbons (Fsp3) is 0.632. The van der Waals surface area contributed by atoms with Gasteiger partial charge in [-0.3, -0.25) is 4.79 Å². The van der Waals surface area contributed by atoms with Gasteiger partial charge in [0.1, 0.15) is 0 Å². The molecule has 1 aliphatic rings. The van der Waals surface area contributed by atoms with Crippen molar-refractivity contribution in [3.63, 3.8) is 0 Å². The van der Waals surface area contributed by atoms with E-state index in [1.54, 1.807) is 0 Å². The fourth-order valence-corrected chi connectivity index (χ4v) is 3.46. The molecule has 0 aromatic heterocycles. The van der Waals surface area contributed by atoms with Gasteiger partial charge in [-0.2, -0.15) is 0 Å². The molecule has 2 N–H and O–H groups in total. The Morgan fingerprint density at radius 1 is 1.22 bits per heavy atom. The van der Waals surface area contributed by atoms with Crippen LogP contribution in [0.5, 0.6) is 0 Å². The molecule has 0 saturated heterocycles. The topological polar surface area (TPSA) is 52.6 Å². The van der Waals surface area contributed by atoms with E-state index in [1.807, 2.05) is 32.3 Å². The Bertz CT molecular complexity index is 481. The van der Waals surface area contributed by atoms with Gasteiger partial charge < -0.3 is 15.3 Å². The molecule has 2 rings (SSSR count). The lowest BCUT2D eigenvalue weighted by molar-refractivity contribution is -0.128. The van der Waals surface area contributed by atoms with E-state index < -0.39 is 5.60 Å². The maximum absolute atomic E-state index is 12.4. The van der Waals surface area contributed by atoms with Gasteiger partial charge in [0.05, 0.1) is 12.0 Å². The molecule has 1 atom stereocenters. The highest BCUT2D eigenvalue weighted by Crippen LogP contribution is 2.30. The number of hydrogen-bond donors (Lipinski definition) is 2. The summed E-state index contributed by atoms with van der Waals surface area (Å²) < 4.78 is 0. The van der Waals surface area contributed by atoms with Crippen LogP contribution in [-0.4, -0.2) is 48.2 Å². The summed E-state index contributed by atoms with van der Waals surface area (Å²) in [6.45, 7) is 0.791. The second-order valence-electron chi connectivity index (χ2n) is 7.18. The molecule has 1 fully saturated rings. The fourth-order valence-electron chi connectivity index (χ4n) is 3.46. The molecule has 4 nitrogen and oxygen atoms in total. The van der Waals surface area contributed by atoms with E-state index in [0.29, 0.717) is 0 Å². The zero-order chi connectivity index (χ0) is 16.7. The van der Waals surface area contributed by atoms with E-state index in [0.717, 1.165) is 38.6 Å². The summed E-state index contributed by atoms with van der Waals surface area (Å²) in [5.74, 6) is -0.0304. The predicted octanol–water partition coefficient (Wildman–Crippen LogP) is 2.36. The molecule has 0 spiro atoms. The molecular weight excluding hydrogens is 288 g/mol. The van der Waals surface area contributed by atoms with Crippen molar-refractivity contribution in [1.82, 2.24) is 10.2 Å². The third-order valence-corrected chi connectivity index (χ3v) is 4.55. The number of likely N-dealkylation sites (N-methyl/N-ethyl adjacent to an activating group) is 1. The van der Waals surface area contributed by atoms with E-state index >= 15 is 0 Å². The van der Waals surface area contributed by atoms with Crippen molar-refractivity contribution in [2.75, 3.05) is 20.6 Å². The Kier molecular flexibility index (Phi) is 6.60. The van der Waals surface area contributed by atoms with E-state index in [-0.39, 0.29) is 18.4 Å². The highest BCUT2D eigenvalue weighted by atomic mass is 16.3. The molecule has 1 saturated carbocycles. The van der Waals surface area contributed by atoms with Crippen molar-refractivity contribution in [2.24, 2.45) is 0 Å². The van der Waals surface area contributed by atoms with Crippen molar-refractivity contribution in [2.45, 2.75) is 56.6 Å². The van der Waals surface area contributed by atoms with Gasteiger partial charge in [-0.15, -0.1) is 0 Å². The van der Waals surface area contributed by atoms with E-state index in [2.05, 4.69) is 22.3 Å². The second-order valence-corrected chi connectivity index (χ2v) is 7.18. The van der Waals surface area contributed by atoms with Crippen molar-refractivity contribution < 1.29 is 9.90 Å². The number of nitrogens with zero attached hydrogens (tertiary/aromatic N) is 1. The van der Waals surface area contributed by atoms with Crippen LogP contribution in [0.25, 0.3) is 0 Å². The molecule has 1 aliphatic carbocycles. The zero-order valence-corrected chi connectivity index (χ0v) is 14.4. The Balaban J connectivity index is 1.92. The van der Waals surface area contributed by atoms with E-state index in [4.69, 9.17) is 0 Å². The van der Waals surface area contributed by atoms with Crippen LogP contribution in [-0.2, 0) is 11.2 Å². The minimum atomic E-state index is -0.794. The summed E-state index contributed by atoms with van der Waals surface area (Å²) in [4.78, 5) is 14.5. The van der Waals surface area contributed by atoms with Crippen LogP contribution < -0.4 is 5.32 Å². The summed E-state index contributed by atoms with van der Waals surface area (Å²) >= 11 is 0. The van der Waals surface area contributed by atoms with Crippen LogP contribution in [0.3, 0.4) is 0 Å².